The Morgan fingerprint density at radius 1 is 1.14 bits per heavy atom. The van der Waals surface area contributed by atoms with Crippen LogP contribution in [0.1, 0.15) is 31.0 Å². The van der Waals surface area contributed by atoms with E-state index in [1.165, 1.54) is 0 Å². The lowest BCUT2D eigenvalue weighted by Crippen LogP contribution is -2.21. The highest BCUT2D eigenvalue weighted by Crippen LogP contribution is 2.27. The van der Waals surface area contributed by atoms with Gasteiger partial charge >= 0.3 is 0 Å². The summed E-state index contributed by atoms with van der Waals surface area (Å²) in [4.78, 5) is 4.28. The number of benzene rings is 1. The van der Waals surface area contributed by atoms with Crippen LogP contribution < -0.4 is 9.46 Å². The summed E-state index contributed by atoms with van der Waals surface area (Å²) in [6.07, 6.45) is 2.88. The predicted octanol–water partition coefficient (Wildman–Crippen LogP) is 3.12. The van der Waals surface area contributed by atoms with Crippen molar-refractivity contribution in [1.29, 1.82) is 0 Å². The molecule has 0 bridgehead atoms. The fraction of sp³-hybridized carbons (Fsp3) is 0.300. The van der Waals surface area contributed by atoms with Crippen LogP contribution in [-0.2, 0) is 16.6 Å². The third kappa shape index (κ3) is 4.76. The Hall–Kier alpha value is -2.71. The molecular weight excluding hydrogens is 376 g/mol. The van der Waals surface area contributed by atoms with Crippen molar-refractivity contribution < 1.29 is 13.2 Å². The molecule has 0 saturated heterocycles. The van der Waals surface area contributed by atoms with E-state index in [4.69, 9.17) is 9.84 Å². The summed E-state index contributed by atoms with van der Waals surface area (Å²) in [7, 11) is -1.64. The van der Waals surface area contributed by atoms with E-state index in [2.05, 4.69) is 29.6 Å². The quantitative estimate of drug-likeness (QED) is 0.659. The molecule has 3 aromatic rings. The summed E-state index contributed by atoms with van der Waals surface area (Å²) in [6.45, 7) is 4.46. The molecule has 2 heterocycles. The molecule has 0 amide bonds. The van der Waals surface area contributed by atoms with Crippen LogP contribution >= 0.6 is 0 Å². The van der Waals surface area contributed by atoms with Crippen molar-refractivity contribution in [3.05, 3.63) is 59.9 Å². The SMILES string of the molecule is COc1ccc(-n2nc(C(C)C)cc2-c2ccc(CNS(C)(=O)=O)cc2)cn1. The highest BCUT2D eigenvalue weighted by atomic mass is 32.2. The summed E-state index contributed by atoms with van der Waals surface area (Å²) in [5, 5.41) is 4.75. The zero-order valence-electron chi connectivity index (χ0n) is 16.4. The fourth-order valence-corrected chi connectivity index (χ4v) is 3.14. The molecule has 0 saturated carbocycles. The molecule has 0 fully saturated rings. The Bertz CT molecular complexity index is 1040. The van der Waals surface area contributed by atoms with Crippen molar-refractivity contribution in [2.45, 2.75) is 26.3 Å². The largest absolute Gasteiger partial charge is 0.481 e. The summed E-state index contributed by atoms with van der Waals surface area (Å²) in [5.41, 5.74) is 4.63. The van der Waals surface area contributed by atoms with Crippen molar-refractivity contribution in [3.8, 4) is 22.8 Å². The van der Waals surface area contributed by atoms with Crippen LogP contribution in [0.4, 0.5) is 0 Å². The number of rotatable bonds is 7. The number of nitrogens with one attached hydrogen (secondary N) is 1. The molecular formula is C20H24N4O3S. The molecule has 28 heavy (non-hydrogen) atoms. The van der Waals surface area contributed by atoms with Gasteiger partial charge in [0.05, 0.1) is 36.6 Å². The predicted molar refractivity (Wildman–Crippen MR) is 109 cm³/mol. The molecule has 0 aliphatic carbocycles. The van der Waals surface area contributed by atoms with Gasteiger partial charge in [-0.05, 0) is 23.6 Å². The molecule has 148 valence electrons. The molecule has 7 nitrogen and oxygen atoms in total. The molecule has 0 unspecified atom stereocenters. The first-order chi connectivity index (χ1) is 13.3. The number of nitrogens with zero attached hydrogens (tertiary/aromatic N) is 3. The van der Waals surface area contributed by atoms with Crippen LogP contribution in [-0.4, -0.2) is 36.5 Å². The Labute approximate surface area is 165 Å². The maximum absolute atomic E-state index is 11.3. The maximum Gasteiger partial charge on any atom is 0.213 e. The minimum absolute atomic E-state index is 0.262. The molecule has 0 radical (unpaired) electrons. The first kappa shape index (κ1) is 20.0. The lowest BCUT2D eigenvalue weighted by molar-refractivity contribution is 0.397. The van der Waals surface area contributed by atoms with Crippen LogP contribution in [0, 0.1) is 0 Å². The van der Waals surface area contributed by atoms with Gasteiger partial charge in [0.1, 0.15) is 0 Å². The van der Waals surface area contributed by atoms with Crippen molar-refractivity contribution in [2.24, 2.45) is 0 Å². The van der Waals surface area contributed by atoms with Gasteiger partial charge in [-0.2, -0.15) is 5.10 Å². The van der Waals surface area contributed by atoms with E-state index in [0.717, 1.165) is 34.5 Å². The lowest BCUT2D eigenvalue weighted by atomic mass is 10.1. The molecule has 1 aromatic carbocycles. The van der Waals surface area contributed by atoms with Gasteiger partial charge in [-0.15, -0.1) is 0 Å². The first-order valence-electron chi connectivity index (χ1n) is 8.91. The third-order valence-electron chi connectivity index (χ3n) is 4.28. The average Bonchev–Trinajstić information content (AvgIpc) is 3.12. The molecule has 0 aliphatic heterocycles. The van der Waals surface area contributed by atoms with Crippen LogP contribution in [0.3, 0.4) is 0 Å². The van der Waals surface area contributed by atoms with Crippen molar-refractivity contribution >= 4 is 10.0 Å². The van der Waals surface area contributed by atoms with Gasteiger partial charge in [0.25, 0.3) is 0 Å². The standard InChI is InChI=1S/C20H24N4O3S/c1-14(2)18-11-19(24(23-18)17-9-10-20(27-3)21-13-17)16-7-5-15(6-8-16)12-22-28(4,25)26/h5-11,13-14,22H,12H2,1-4H3. The van der Waals surface area contributed by atoms with Gasteiger partial charge in [-0.25, -0.2) is 22.8 Å². The normalized spacial score (nSPS) is 11.8. The number of methoxy groups -OCH3 is 1. The van der Waals surface area contributed by atoms with Gasteiger partial charge in [0.15, 0.2) is 0 Å². The van der Waals surface area contributed by atoms with E-state index in [1.807, 2.05) is 35.0 Å². The molecule has 2 aromatic heterocycles. The van der Waals surface area contributed by atoms with Gasteiger partial charge in [-0.3, -0.25) is 0 Å². The van der Waals surface area contributed by atoms with Crippen molar-refractivity contribution in [3.63, 3.8) is 0 Å². The first-order valence-corrected chi connectivity index (χ1v) is 10.8. The number of ether oxygens (including phenoxy) is 1. The molecule has 8 heteroatoms. The molecule has 0 aliphatic rings. The number of aromatic nitrogens is 3. The second-order valence-electron chi connectivity index (χ2n) is 6.87. The number of hydrogen-bond donors (Lipinski definition) is 1. The van der Waals surface area contributed by atoms with E-state index >= 15 is 0 Å². The highest BCUT2D eigenvalue weighted by Gasteiger charge is 2.14. The van der Waals surface area contributed by atoms with E-state index < -0.39 is 10.0 Å². The van der Waals surface area contributed by atoms with Crippen LogP contribution in [0.15, 0.2) is 48.7 Å². The van der Waals surface area contributed by atoms with Crippen LogP contribution in [0.2, 0.25) is 0 Å². The van der Waals surface area contributed by atoms with Gasteiger partial charge in [0.2, 0.25) is 15.9 Å². The minimum Gasteiger partial charge on any atom is -0.481 e. The average molecular weight is 401 g/mol. The third-order valence-corrected chi connectivity index (χ3v) is 4.95. The monoisotopic (exact) mass is 400 g/mol. The molecule has 0 atom stereocenters. The Kier molecular flexibility index (Phi) is 5.81. The summed E-state index contributed by atoms with van der Waals surface area (Å²) in [6, 6.07) is 13.5. The highest BCUT2D eigenvalue weighted by molar-refractivity contribution is 7.88. The second-order valence-corrected chi connectivity index (χ2v) is 8.70. The minimum atomic E-state index is -3.22. The van der Waals surface area contributed by atoms with Gasteiger partial charge in [-0.1, -0.05) is 38.1 Å². The summed E-state index contributed by atoms with van der Waals surface area (Å²) >= 11 is 0. The Morgan fingerprint density at radius 3 is 2.39 bits per heavy atom. The number of hydrogen-bond acceptors (Lipinski definition) is 5. The van der Waals surface area contributed by atoms with Crippen molar-refractivity contribution in [1.82, 2.24) is 19.5 Å². The van der Waals surface area contributed by atoms with Crippen LogP contribution in [0.5, 0.6) is 5.88 Å². The summed E-state index contributed by atoms with van der Waals surface area (Å²) < 4.78 is 32.0. The topological polar surface area (TPSA) is 86.1 Å². The summed E-state index contributed by atoms with van der Waals surface area (Å²) in [5.74, 6) is 0.828. The van der Waals surface area contributed by atoms with E-state index in [0.29, 0.717) is 5.88 Å². The van der Waals surface area contributed by atoms with E-state index in [1.54, 1.807) is 19.4 Å². The van der Waals surface area contributed by atoms with Gasteiger partial charge in [0, 0.05) is 18.2 Å². The Morgan fingerprint density at radius 2 is 1.86 bits per heavy atom. The molecule has 0 spiro atoms. The number of sulfonamides is 1. The van der Waals surface area contributed by atoms with E-state index in [9.17, 15) is 8.42 Å². The van der Waals surface area contributed by atoms with Crippen molar-refractivity contribution in [2.75, 3.05) is 13.4 Å². The smallest absolute Gasteiger partial charge is 0.213 e. The zero-order chi connectivity index (χ0) is 20.3. The van der Waals surface area contributed by atoms with Crippen LogP contribution in [0.25, 0.3) is 16.9 Å². The zero-order valence-corrected chi connectivity index (χ0v) is 17.2. The fourth-order valence-electron chi connectivity index (χ4n) is 2.71. The lowest BCUT2D eigenvalue weighted by Gasteiger charge is -2.09. The molecule has 1 N–H and O–H groups in total. The maximum atomic E-state index is 11.3. The Balaban J connectivity index is 1.96. The van der Waals surface area contributed by atoms with Gasteiger partial charge < -0.3 is 4.74 Å². The van der Waals surface area contributed by atoms with E-state index in [-0.39, 0.29) is 12.5 Å². The molecule has 3 rings (SSSR count). The second kappa shape index (κ2) is 8.12. The number of pyridine rings is 1.